The molecule has 2 aromatic carbocycles. The van der Waals surface area contributed by atoms with Crippen molar-refractivity contribution in [1.29, 1.82) is 0 Å². The molecule has 1 aliphatic rings. The lowest BCUT2D eigenvalue weighted by Crippen LogP contribution is -2.44. The molecule has 9 nitrogen and oxygen atoms in total. The predicted molar refractivity (Wildman–Crippen MR) is 150 cm³/mol. The molecular weight excluding hydrogens is 510 g/mol. The monoisotopic (exact) mass is 545 g/mol. The normalized spacial score (nSPS) is 16.5. The number of ketones is 1. The molecule has 1 aliphatic heterocycles. The van der Waals surface area contributed by atoms with Crippen molar-refractivity contribution in [2.24, 2.45) is 0 Å². The van der Waals surface area contributed by atoms with Gasteiger partial charge in [-0.25, -0.2) is 0 Å². The number of carbonyl (C=O) groups is 3. The number of ether oxygens (including phenoxy) is 2. The Hall–Kier alpha value is -4.24. The number of aryl methyl sites for hydroxylation is 2. The van der Waals surface area contributed by atoms with E-state index < -0.39 is 29.8 Å². The summed E-state index contributed by atoms with van der Waals surface area (Å²) in [5, 5.41) is 2.78. The number of anilines is 1. The topological polar surface area (TPSA) is 130 Å². The number of nitrogens with zero attached hydrogens (tertiary/aromatic N) is 1. The van der Waals surface area contributed by atoms with Crippen LogP contribution in [-0.2, 0) is 45.1 Å². The average molecular weight is 546 g/mol. The van der Waals surface area contributed by atoms with Crippen molar-refractivity contribution in [3.63, 3.8) is 0 Å². The highest BCUT2D eigenvalue weighted by atomic mass is 16.7. The van der Waals surface area contributed by atoms with Gasteiger partial charge in [-0.15, -0.1) is 0 Å². The zero-order chi connectivity index (χ0) is 28.5. The summed E-state index contributed by atoms with van der Waals surface area (Å²) in [7, 11) is 0. The summed E-state index contributed by atoms with van der Waals surface area (Å²) in [6, 6.07) is 19.8. The first-order chi connectivity index (χ1) is 19.4. The van der Waals surface area contributed by atoms with Crippen LogP contribution in [0.25, 0.3) is 0 Å². The lowest BCUT2D eigenvalue weighted by Gasteiger charge is -2.21. The Balaban J connectivity index is 1.49. The fourth-order valence-electron chi connectivity index (χ4n) is 4.72. The second-order valence-corrected chi connectivity index (χ2v) is 9.90. The third-order valence-electron chi connectivity index (χ3n) is 6.83. The number of benzene rings is 2. The molecule has 0 spiro atoms. The summed E-state index contributed by atoms with van der Waals surface area (Å²) >= 11 is 0. The van der Waals surface area contributed by atoms with Gasteiger partial charge in [-0.05, 0) is 36.5 Å². The molecule has 2 unspecified atom stereocenters. The Labute approximate surface area is 233 Å². The Morgan fingerprint density at radius 3 is 2.38 bits per heavy atom. The van der Waals surface area contributed by atoms with E-state index in [0.29, 0.717) is 18.5 Å². The van der Waals surface area contributed by atoms with Gasteiger partial charge in [-0.3, -0.25) is 19.2 Å². The molecule has 1 fully saturated rings. The van der Waals surface area contributed by atoms with Crippen molar-refractivity contribution < 1.29 is 23.9 Å². The van der Waals surface area contributed by atoms with Gasteiger partial charge in [-0.2, -0.15) is 0 Å². The van der Waals surface area contributed by atoms with Crippen LogP contribution in [0.4, 0.5) is 5.69 Å². The highest BCUT2D eigenvalue weighted by Crippen LogP contribution is 2.19. The highest BCUT2D eigenvalue weighted by molar-refractivity contribution is 6.00. The zero-order valence-electron chi connectivity index (χ0n) is 22.6. The van der Waals surface area contributed by atoms with Crippen molar-refractivity contribution in [1.82, 2.24) is 9.88 Å². The standard InChI is InChI=1S/C31H35N3O6/c1-2-3-14-23-17-24(32)29(26(35)16-15-21-10-6-4-7-11-21)30(38)34(23)19-27(36)33-25-18-28(37)40-31(25)39-20-22-12-8-5-9-13-22/h4-13,17,25,31H,2-3,14-16,18-20,32H2,1H3,(H,33,36). The second-order valence-electron chi connectivity index (χ2n) is 9.90. The van der Waals surface area contributed by atoms with Crippen molar-refractivity contribution in [3.8, 4) is 0 Å². The molecule has 2 heterocycles. The molecule has 3 N–H and O–H groups in total. The molecule has 40 heavy (non-hydrogen) atoms. The number of nitrogen functional groups attached to an aromatic ring is 1. The maximum Gasteiger partial charge on any atom is 0.310 e. The number of amides is 1. The van der Waals surface area contributed by atoms with Crippen LogP contribution in [0, 0.1) is 0 Å². The number of Topliss-reactive ketones (excluding diaryl/α,β-unsaturated/α-hetero) is 1. The Bertz CT molecular complexity index is 1390. The Kier molecular flexibility index (Phi) is 9.86. The van der Waals surface area contributed by atoms with Crippen LogP contribution in [0.2, 0.25) is 0 Å². The quantitative estimate of drug-likeness (QED) is 0.248. The minimum absolute atomic E-state index is 0.0479. The van der Waals surface area contributed by atoms with Gasteiger partial charge in [0.1, 0.15) is 18.2 Å². The van der Waals surface area contributed by atoms with Crippen LogP contribution >= 0.6 is 0 Å². The fourth-order valence-corrected chi connectivity index (χ4v) is 4.72. The minimum Gasteiger partial charge on any atom is -0.433 e. The summed E-state index contributed by atoms with van der Waals surface area (Å²) in [5.74, 6) is -1.35. The fraction of sp³-hybridized carbons (Fsp3) is 0.355. The number of nitrogens with two attached hydrogens (primary N) is 1. The molecule has 0 saturated carbocycles. The number of hydrogen-bond donors (Lipinski definition) is 2. The number of cyclic esters (lactones) is 1. The number of rotatable bonds is 13. The average Bonchev–Trinajstić information content (AvgIpc) is 3.30. The summed E-state index contributed by atoms with van der Waals surface area (Å²) in [6.07, 6.45) is 1.77. The van der Waals surface area contributed by atoms with Gasteiger partial charge in [0.15, 0.2) is 5.78 Å². The number of nitrogens with one attached hydrogen (secondary N) is 1. The van der Waals surface area contributed by atoms with Gasteiger partial charge in [0.05, 0.1) is 13.0 Å². The van der Waals surface area contributed by atoms with E-state index >= 15 is 0 Å². The van der Waals surface area contributed by atoms with Gasteiger partial charge in [0.2, 0.25) is 12.2 Å². The highest BCUT2D eigenvalue weighted by Gasteiger charge is 2.37. The number of unbranched alkanes of at least 4 members (excludes halogenated alkanes) is 1. The third-order valence-corrected chi connectivity index (χ3v) is 6.83. The van der Waals surface area contributed by atoms with Gasteiger partial charge < -0.3 is 25.1 Å². The smallest absolute Gasteiger partial charge is 0.310 e. The molecule has 9 heteroatoms. The van der Waals surface area contributed by atoms with Crippen LogP contribution < -0.4 is 16.6 Å². The van der Waals surface area contributed by atoms with Crippen LogP contribution in [0.5, 0.6) is 0 Å². The van der Waals surface area contributed by atoms with Gasteiger partial charge in [-0.1, -0.05) is 74.0 Å². The summed E-state index contributed by atoms with van der Waals surface area (Å²) < 4.78 is 12.4. The van der Waals surface area contributed by atoms with E-state index in [0.717, 1.165) is 24.0 Å². The number of aromatic nitrogens is 1. The maximum atomic E-state index is 13.6. The van der Waals surface area contributed by atoms with Crippen LogP contribution in [-0.4, -0.2) is 34.6 Å². The summed E-state index contributed by atoms with van der Waals surface area (Å²) in [5.41, 5.74) is 8.09. The summed E-state index contributed by atoms with van der Waals surface area (Å²) in [4.78, 5) is 51.8. The van der Waals surface area contributed by atoms with Crippen LogP contribution in [0.1, 0.15) is 59.8 Å². The van der Waals surface area contributed by atoms with Crippen molar-refractivity contribution in [2.45, 2.75) is 70.9 Å². The third kappa shape index (κ3) is 7.45. The van der Waals surface area contributed by atoms with E-state index in [1.165, 1.54) is 4.57 Å². The molecule has 3 aromatic rings. The SMILES string of the molecule is CCCCc1cc(N)c(C(=O)CCc2ccccc2)c(=O)n1CC(=O)NC1CC(=O)OC1OCc1ccccc1. The van der Waals surface area contributed by atoms with Gasteiger partial charge in [0, 0.05) is 17.8 Å². The Morgan fingerprint density at radius 1 is 1.02 bits per heavy atom. The van der Waals surface area contributed by atoms with Gasteiger partial charge >= 0.3 is 5.97 Å². The van der Waals surface area contributed by atoms with Crippen molar-refractivity contribution in [2.75, 3.05) is 5.73 Å². The number of pyridine rings is 1. The molecule has 4 rings (SSSR count). The van der Waals surface area contributed by atoms with Crippen molar-refractivity contribution >= 4 is 23.3 Å². The molecule has 1 aromatic heterocycles. The van der Waals surface area contributed by atoms with Gasteiger partial charge in [0.25, 0.3) is 5.56 Å². The molecule has 1 amide bonds. The van der Waals surface area contributed by atoms with Crippen LogP contribution in [0.15, 0.2) is 71.5 Å². The first-order valence-corrected chi connectivity index (χ1v) is 13.6. The molecule has 2 atom stereocenters. The first kappa shape index (κ1) is 28.8. The van der Waals surface area contributed by atoms with Crippen LogP contribution in [0.3, 0.4) is 0 Å². The largest absolute Gasteiger partial charge is 0.433 e. The zero-order valence-corrected chi connectivity index (χ0v) is 22.6. The Morgan fingerprint density at radius 2 is 1.70 bits per heavy atom. The lowest BCUT2D eigenvalue weighted by molar-refractivity contribution is -0.168. The molecular formula is C31H35N3O6. The first-order valence-electron chi connectivity index (χ1n) is 13.6. The second kappa shape index (κ2) is 13.7. The van der Waals surface area contributed by atoms with E-state index in [2.05, 4.69) is 5.32 Å². The maximum absolute atomic E-state index is 13.6. The molecule has 0 radical (unpaired) electrons. The van der Waals surface area contributed by atoms with E-state index in [9.17, 15) is 19.2 Å². The lowest BCUT2D eigenvalue weighted by atomic mass is 10.0. The van der Waals surface area contributed by atoms with E-state index in [-0.39, 0.29) is 43.0 Å². The number of esters is 1. The van der Waals surface area contributed by atoms with E-state index in [4.69, 9.17) is 15.2 Å². The number of hydrogen-bond acceptors (Lipinski definition) is 7. The summed E-state index contributed by atoms with van der Waals surface area (Å²) in [6.45, 7) is 1.90. The van der Waals surface area contributed by atoms with E-state index in [1.807, 2.05) is 67.6 Å². The molecule has 0 aliphatic carbocycles. The molecule has 210 valence electrons. The predicted octanol–water partition coefficient (Wildman–Crippen LogP) is 3.56. The minimum atomic E-state index is -0.950. The van der Waals surface area contributed by atoms with E-state index in [1.54, 1.807) is 6.07 Å². The number of carbonyl (C=O) groups excluding carboxylic acids is 3. The van der Waals surface area contributed by atoms with Crippen molar-refractivity contribution in [3.05, 3.63) is 99.5 Å². The molecule has 1 saturated heterocycles. The molecule has 0 bridgehead atoms.